The highest BCUT2D eigenvalue weighted by molar-refractivity contribution is 6.07. The monoisotopic (exact) mass is 460 g/mol. The van der Waals surface area contributed by atoms with Crippen LogP contribution in [0.15, 0.2) is 78.9 Å². The van der Waals surface area contributed by atoms with Gasteiger partial charge in [0.2, 0.25) is 0 Å². The van der Waals surface area contributed by atoms with Crippen molar-refractivity contribution in [3.05, 3.63) is 102 Å². The molecule has 0 atom stereocenters. The van der Waals surface area contributed by atoms with E-state index < -0.39 is 11.9 Å². The van der Waals surface area contributed by atoms with Gasteiger partial charge in [-0.3, -0.25) is 0 Å². The van der Waals surface area contributed by atoms with E-state index in [1.54, 1.807) is 36.4 Å². The number of nitrogens with zero attached hydrogens (tertiary/aromatic N) is 2. The molecule has 0 saturated heterocycles. The smallest absolute Gasteiger partial charge is 0.357 e. The molecule has 3 aromatic carbocycles. The molecular formula is C26H21FN2O5. The Hall–Kier alpha value is -4.46. The number of para-hydroxylation sites is 1. The minimum absolute atomic E-state index is 0.0209. The summed E-state index contributed by atoms with van der Waals surface area (Å²) in [4.78, 5) is 25.6. The summed E-state index contributed by atoms with van der Waals surface area (Å²) in [6.45, 7) is 0.119. The highest BCUT2D eigenvalue weighted by Gasteiger charge is 2.32. The molecule has 0 aliphatic rings. The van der Waals surface area contributed by atoms with Gasteiger partial charge in [-0.15, -0.1) is 0 Å². The standard InChI is InChI=1S/C26H21FN2O5/c1-32-25(30)22-23(28-29(24(22)26(31)33-2)19-9-4-3-5-10-19)21-11-7-6-8-17(21)16-34-20-14-12-18(27)13-15-20/h3-15H,16H2,1-2H3. The molecule has 0 unspecified atom stereocenters. The van der Waals surface area contributed by atoms with Crippen molar-refractivity contribution in [2.45, 2.75) is 6.61 Å². The maximum Gasteiger partial charge on any atom is 0.357 e. The van der Waals surface area contributed by atoms with E-state index in [0.29, 0.717) is 22.6 Å². The van der Waals surface area contributed by atoms with E-state index in [2.05, 4.69) is 5.10 Å². The highest BCUT2D eigenvalue weighted by atomic mass is 19.1. The van der Waals surface area contributed by atoms with Gasteiger partial charge in [-0.25, -0.2) is 18.7 Å². The summed E-state index contributed by atoms with van der Waals surface area (Å²) >= 11 is 0. The summed E-state index contributed by atoms with van der Waals surface area (Å²) in [5.41, 5.74) is 2.02. The fraction of sp³-hybridized carbons (Fsp3) is 0.115. The second-order valence-corrected chi connectivity index (χ2v) is 7.20. The predicted octanol–water partition coefficient (Wildman–Crippen LogP) is 4.83. The summed E-state index contributed by atoms with van der Waals surface area (Å²) < 4.78 is 30.4. The van der Waals surface area contributed by atoms with Crippen LogP contribution in [0.25, 0.3) is 16.9 Å². The van der Waals surface area contributed by atoms with E-state index in [0.717, 1.165) is 0 Å². The zero-order valence-corrected chi connectivity index (χ0v) is 18.5. The molecule has 0 aliphatic heterocycles. The molecule has 0 saturated carbocycles. The number of rotatable bonds is 7. The molecule has 34 heavy (non-hydrogen) atoms. The van der Waals surface area contributed by atoms with Crippen LogP contribution in [-0.2, 0) is 16.1 Å². The quantitative estimate of drug-likeness (QED) is 0.368. The van der Waals surface area contributed by atoms with E-state index >= 15 is 0 Å². The molecule has 0 spiro atoms. The molecule has 4 aromatic rings. The molecule has 4 rings (SSSR count). The molecule has 0 amide bonds. The van der Waals surface area contributed by atoms with Crippen molar-refractivity contribution in [3.63, 3.8) is 0 Å². The Morgan fingerprint density at radius 3 is 2.18 bits per heavy atom. The number of halogens is 1. The van der Waals surface area contributed by atoms with Gasteiger partial charge in [-0.05, 0) is 42.0 Å². The summed E-state index contributed by atoms with van der Waals surface area (Å²) in [7, 11) is 2.46. The van der Waals surface area contributed by atoms with Crippen molar-refractivity contribution in [2.75, 3.05) is 14.2 Å². The first-order valence-corrected chi connectivity index (χ1v) is 10.3. The van der Waals surface area contributed by atoms with Gasteiger partial charge in [-0.1, -0.05) is 42.5 Å². The first kappa shape index (κ1) is 22.7. The zero-order chi connectivity index (χ0) is 24.1. The molecule has 0 radical (unpaired) electrons. The third kappa shape index (κ3) is 4.52. The Balaban J connectivity index is 1.86. The molecule has 172 valence electrons. The molecule has 1 aromatic heterocycles. The number of carbonyl (C=O) groups is 2. The largest absolute Gasteiger partial charge is 0.489 e. The average molecular weight is 460 g/mol. The van der Waals surface area contributed by atoms with E-state index in [4.69, 9.17) is 14.2 Å². The van der Waals surface area contributed by atoms with Crippen molar-refractivity contribution < 1.29 is 28.2 Å². The van der Waals surface area contributed by atoms with Gasteiger partial charge >= 0.3 is 11.9 Å². The lowest BCUT2D eigenvalue weighted by Gasteiger charge is -2.11. The number of ether oxygens (including phenoxy) is 3. The lowest BCUT2D eigenvalue weighted by atomic mass is 10.0. The van der Waals surface area contributed by atoms with Crippen LogP contribution in [0.2, 0.25) is 0 Å². The Morgan fingerprint density at radius 1 is 0.853 bits per heavy atom. The lowest BCUT2D eigenvalue weighted by molar-refractivity contribution is 0.0549. The van der Waals surface area contributed by atoms with Crippen LogP contribution in [0, 0.1) is 5.82 Å². The number of benzene rings is 3. The third-order valence-electron chi connectivity index (χ3n) is 5.13. The minimum Gasteiger partial charge on any atom is -0.489 e. The Bertz CT molecular complexity index is 1320. The van der Waals surface area contributed by atoms with Gasteiger partial charge in [-0.2, -0.15) is 5.10 Å². The molecule has 0 aliphatic carbocycles. The summed E-state index contributed by atoms with van der Waals surface area (Å²) in [5, 5.41) is 4.63. The van der Waals surface area contributed by atoms with Crippen molar-refractivity contribution in [1.29, 1.82) is 0 Å². The van der Waals surface area contributed by atoms with Gasteiger partial charge in [0, 0.05) is 5.56 Å². The molecule has 0 N–H and O–H groups in total. The zero-order valence-electron chi connectivity index (χ0n) is 18.5. The Labute approximate surface area is 195 Å². The first-order chi connectivity index (χ1) is 16.5. The van der Waals surface area contributed by atoms with Crippen molar-refractivity contribution in [2.24, 2.45) is 0 Å². The second-order valence-electron chi connectivity index (χ2n) is 7.20. The molecule has 0 bridgehead atoms. The SMILES string of the molecule is COC(=O)c1c(-c2ccccc2COc2ccc(F)cc2)nn(-c2ccccc2)c1C(=O)OC. The van der Waals surface area contributed by atoms with Gasteiger partial charge < -0.3 is 14.2 Å². The van der Waals surface area contributed by atoms with Crippen molar-refractivity contribution in [3.8, 4) is 22.7 Å². The van der Waals surface area contributed by atoms with E-state index in [9.17, 15) is 14.0 Å². The number of esters is 2. The predicted molar refractivity (Wildman–Crippen MR) is 122 cm³/mol. The molecule has 8 heteroatoms. The van der Waals surface area contributed by atoms with Crippen LogP contribution in [0.3, 0.4) is 0 Å². The number of aromatic nitrogens is 2. The third-order valence-corrected chi connectivity index (χ3v) is 5.13. The fourth-order valence-corrected chi connectivity index (χ4v) is 3.51. The van der Waals surface area contributed by atoms with Crippen LogP contribution < -0.4 is 4.74 Å². The Morgan fingerprint density at radius 2 is 1.50 bits per heavy atom. The van der Waals surface area contributed by atoms with Crippen LogP contribution in [0.4, 0.5) is 4.39 Å². The topological polar surface area (TPSA) is 79.7 Å². The maximum atomic E-state index is 13.2. The fourth-order valence-electron chi connectivity index (χ4n) is 3.51. The Kier molecular flexibility index (Phi) is 6.68. The minimum atomic E-state index is -0.733. The lowest BCUT2D eigenvalue weighted by Crippen LogP contribution is -2.15. The van der Waals surface area contributed by atoms with Crippen LogP contribution >= 0.6 is 0 Å². The number of hydrogen-bond acceptors (Lipinski definition) is 6. The molecule has 1 heterocycles. The number of hydrogen-bond donors (Lipinski definition) is 0. The van der Waals surface area contributed by atoms with E-state index in [-0.39, 0.29) is 29.4 Å². The first-order valence-electron chi connectivity index (χ1n) is 10.3. The van der Waals surface area contributed by atoms with Crippen LogP contribution in [0.5, 0.6) is 5.75 Å². The average Bonchev–Trinajstić information content (AvgIpc) is 3.28. The van der Waals surface area contributed by atoms with Crippen molar-refractivity contribution in [1.82, 2.24) is 9.78 Å². The van der Waals surface area contributed by atoms with E-state index in [1.165, 1.54) is 43.2 Å². The van der Waals surface area contributed by atoms with Gasteiger partial charge in [0.05, 0.1) is 19.9 Å². The maximum absolute atomic E-state index is 13.2. The van der Waals surface area contributed by atoms with Gasteiger partial charge in [0.25, 0.3) is 0 Å². The summed E-state index contributed by atoms with van der Waals surface area (Å²) in [6, 6.07) is 21.8. The second kappa shape index (κ2) is 9.99. The van der Waals surface area contributed by atoms with Gasteiger partial charge in [0.15, 0.2) is 5.69 Å². The highest BCUT2D eigenvalue weighted by Crippen LogP contribution is 2.32. The normalized spacial score (nSPS) is 10.6. The molecular weight excluding hydrogens is 439 g/mol. The van der Waals surface area contributed by atoms with Crippen molar-refractivity contribution >= 4 is 11.9 Å². The number of methoxy groups -OCH3 is 2. The van der Waals surface area contributed by atoms with E-state index in [1.807, 2.05) is 18.2 Å². The van der Waals surface area contributed by atoms with Gasteiger partial charge in [0.1, 0.15) is 29.4 Å². The summed E-state index contributed by atoms with van der Waals surface area (Å²) in [5.74, 6) is -1.35. The van der Waals surface area contributed by atoms with Crippen LogP contribution in [-0.4, -0.2) is 35.9 Å². The summed E-state index contributed by atoms with van der Waals surface area (Å²) in [6.07, 6.45) is 0. The molecule has 7 nitrogen and oxygen atoms in total. The molecule has 0 fully saturated rings. The van der Waals surface area contributed by atoms with Crippen LogP contribution in [0.1, 0.15) is 26.4 Å². The number of carbonyl (C=O) groups excluding carboxylic acids is 2.